The molecule has 1 amide bonds. The molecule has 7 nitrogen and oxygen atoms in total. The molecule has 144 valence electrons. The molecule has 2 saturated heterocycles. The first kappa shape index (κ1) is 18.1. The van der Waals surface area contributed by atoms with Crippen LogP contribution in [0.15, 0.2) is 36.8 Å². The molecule has 2 aliphatic heterocycles. The standard InChI is InChI=1S/C19H23FN4O3/c20-15-2-3-16(21-11-15)10-18(25)23-8-9-26-14-19(13-23)5-4-17(27-19)12-24-7-1-6-22-24/h1-3,6-7,11,17H,4-5,8-10,12-14H2/t17-,19+/m1/s1. The molecule has 4 heterocycles. The maximum Gasteiger partial charge on any atom is 0.228 e. The van der Waals surface area contributed by atoms with E-state index in [1.54, 1.807) is 17.2 Å². The van der Waals surface area contributed by atoms with Gasteiger partial charge in [0.2, 0.25) is 5.91 Å². The normalized spacial score (nSPS) is 25.7. The summed E-state index contributed by atoms with van der Waals surface area (Å²) in [6.45, 7) is 2.69. The number of halogens is 1. The molecule has 4 rings (SSSR count). The fourth-order valence-corrected chi connectivity index (χ4v) is 3.76. The molecule has 2 atom stereocenters. The Labute approximate surface area is 157 Å². The molecular weight excluding hydrogens is 351 g/mol. The summed E-state index contributed by atoms with van der Waals surface area (Å²) in [5, 5.41) is 4.24. The van der Waals surface area contributed by atoms with Gasteiger partial charge >= 0.3 is 0 Å². The zero-order valence-electron chi connectivity index (χ0n) is 15.1. The number of amides is 1. The number of hydrogen-bond acceptors (Lipinski definition) is 5. The lowest BCUT2D eigenvalue weighted by Gasteiger charge is -2.32. The third kappa shape index (κ3) is 4.33. The van der Waals surface area contributed by atoms with Crippen molar-refractivity contribution in [2.45, 2.75) is 37.5 Å². The summed E-state index contributed by atoms with van der Waals surface area (Å²) in [6, 6.07) is 4.76. The predicted octanol–water partition coefficient (Wildman–Crippen LogP) is 1.44. The Morgan fingerprint density at radius 1 is 1.41 bits per heavy atom. The van der Waals surface area contributed by atoms with Gasteiger partial charge in [0.25, 0.3) is 0 Å². The van der Waals surface area contributed by atoms with Crippen LogP contribution in [0.2, 0.25) is 0 Å². The van der Waals surface area contributed by atoms with Crippen molar-refractivity contribution in [3.63, 3.8) is 0 Å². The first-order chi connectivity index (χ1) is 13.1. The molecule has 1 spiro atoms. The molecule has 2 aromatic rings. The highest BCUT2D eigenvalue weighted by molar-refractivity contribution is 5.78. The van der Waals surface area contributed by atoms with Crippen LogP contribution < -0.4 is 0 Å². The van der Waals surface area contributed by atoms with E-state index in [-0.39, 0.29) is 18.4 Å². The van der Waals surface area contributed by atoms with Crippen molar-refractivity contribution < 1.29 is 18.7 Å². The molecule has 2 aromatic heterocycles. The van der Waals surface area contributed by atoms with Crippen LogP contribution in [0.4, 0.5) is 4.39 Å². The van der Waals surface area contributed by atoms with Crippen LogP contribution in [0.3, 0.4) is 0 Å². The van der Waals surface area contributed by atoms with E-state index in [0.717, 1.165) is 19.0 Å². The maximum absolute atomic E-state index is 13.0. The fraction of sp³-hybridized carbons (Fsp3) is 0.526. The van der Waals surface area contributed by atoms with Gasteiger partial charge < -0.3 is 14.4 Å². The Bertz CT molecular complexity index is 768. The van der Waals surface area contributed by atoms with Crippen LogP contribution in [0, 0.1) is 5.82 Å². The lowest BCUT2D eigenvalue weighted by atomic mass is 10.00. The minimum atomic E-state index is -0.472. The maximum atomic E-state index is 13.0. The third-order valence-electron chi connectivity index (χ3n) is 5.11. The molecule has 0 radical (unpaired) electrons. The highest BCUT2D eigenvalue weighted by Crippen LogP contribution is 2.33. The van der Waals surface area contributed by atoms with Gasteiger partial charge in [0, 0.05) is 24.6 Å². The summed E-state index contributed by atoms with van der Waals surface area (Å²) in [5.74, 6) is -0.450. The second-order valence-corrected chi connectivity index (χ2v) is 7.20. The van der Waals surface area contributed by atoms with Crippen LogP contribution in [0.25, 0.3) is 0 Å². The molecule has 0 aliphatic carbocycles. The van der Waals surface area contributed by atoms with Gasteiger partial charge in [-0.1, -0.05) is 0 Å². The summed E-state index contributed by atoms with van der Waals surface area (Å²) in [5.41, 5.74) is 0.0877. The van der Waals surface area contributed by atoms with Gasteiger partial charge in [-0.05, 0) is 31.0 Å². The SMILES string of the molecule is O=C(Cc1ccc(F)cn1)N1CCOC[C@]2(CC[C@H](Cn3cccn3)O2)C1. The van der Waals surface area contributed by atoms with Gasteiger partial charge in [0.1, 0.15) is 11.4 Å². The van der Waals surface area contributed by atoms with E-state index in [9.17, 15) is 9.18 Å². The second kappa shape index (κ2) is 7.74. The average molecular weight is 374 g/mol. The van der Waals surface area contributed by atoms with Gasteiger partial charge in [-0.25, -0.2) is 4.39 Å². The lowest BCUT2D eigenvalue weighted by molar-refractivity contribution is -0.135. The molecule has 8 heteroatoms. The summed E-state index contributed by atoms with van der Waals surface area (Å²) in [6.07, 6.45) is 6.76. The molecule has 2 aliphatic rings. The number of carbonyl (C=O) groups is 1. The quantitative estimate of drug-likeness (QED) is 0.810. The topological polar surface area (TPSA) is 69.5 Å². The van der Waals surface area contributed by atoms with Crippen LogP contribution in [0.1, 0.15) is 18.5 Å². The summed E-state index contributed by atoms with van der Waals surface area (Å²) >= 11 is 0. The first-order valence-corrected chi connectivity index (χ1v) is 9.23. The van der Waals surface area contributed by atoms with Crippen LogP contribution >= 0.6 is 0 Å². The smallest absolute Gasteiger partial charge is 0.228 e. The number of nitrogens with zero attached hydrogens (tertiary/aromatic N) is 4. The summed E-state index contributed by atoms with van der Waals surface area (Å²) < 4.78 is 27.0. The second-order valence-electron chi connectivity index (χ2n) is 7.20. The van der Waals surface area contributed by atoms with Gasteiger partial charge in [0.05, 0.1) is 45.0 Å². The van der Waals surface area contributed by atoms with Crippen molar-refractivity contribution in [3.8, 4) is 0 Å². The minimum Gasteiger partial charge on any atom is -0.377 e. The number of pyridine rings is 1. The van der Waals surface area contributed by atoms with Gasteiger partial charge in [-0.3, -0.25) is 14.5 Å². The average Bonchev–Trinajstić information content (AvgIpc) is 3.25. The molecule has 27 heavy (non-hydrogen) atoms. The Morgan fingerprint density at radius 2 is 2.33 bits per heavy atom. The number of carbonyl (C=O) groups excluding carboxylic acids is 1. The van der Waals surface area contributed by atoms with Crippen LogP contribution in [0.5, 0.6) is 0 Å². The van der Waals surface area contributed by atoms with Crippen molar-refractivity contribution >= 4 is 5.91 Å². The van der Waals surface area contributed by atoms with E-state index >= 15 is 0 Å². The van der Waals surface area contributed by atoms with E-state index in [0.29, 0.717) is 38.5 Å². The Kier molecular flexibility index (Phi) is 5.18. The van der Waals surface area contributed by atoms with E-state index < -0.39 is 11.4 Å². The van der Waals surface area contributed by atoms with Crippen LogP contribution in [-0.4, -0.2) is 63.6 Å². The largest absolute Gasteiger partial charge is 0.377 e. The zero-order valence-corrected chi connectivity index (χ0v) is 15.1. The molecule has 2 fully saturated rings. The van der Waals surface area contributed by atoms with Crippen molar-refractivity contribution in [1.29, 1.82) is 0 Å². The van der Waals surface area contributed by atoms with E-state index in [1.807, 2.05) is 16.9 Å². The highest BCUT2D eigenvalue weighted by atomic mass is 19.1. The monoisotopic (exact) mass is 374 g/mol. The number of aromatic nitrogens is 3. The van der Waals surface area contributed by atoms with Crippen molar-refractivity contribution in [2.24, 2.45) is 0 Å². The van der Waals surface area contributed by atoms with Crippen LogP contribution in [-0.2, 0) is 27.2 Å². The summed E-state index contributed by atoms with van der Waals surface area (Å²) in [7, 11) is 0. The molecular formula is C19H23FN4O3. The molecule has 0 N–H and O–H groups in total. The minimum absolute atomic E-state index is 0.0434. The zero-order chi connectivity index (χ0) is 18.7. The predicted molar refractivity (Wildman–Crippen MR) is 94.4 cm³/mol. The van der Waals surface area contributed by atoms with Crippen molar-refractivity contribution in [3.05, 3.63) is 48.3 Å². The number of rotatable bonds is 4. The third-order valence-corrected chi connectivity index (χ3v) is 5.11. The van der Waals surface area contributed by atoms with Crippen molar-refractivity contribution in [2.75, 3.05) is 26.3 Å². The summed E-state index contributed by atoms with van der Waals surface area (Å²) in [4.78, 5) is 18.5. The highest BCUT2D eigenvalue weighted by Gasteiger charge is 2.44. The van der Waals surface area contributed by atoms with E-state index in [4.69, 9.17) is 9.47 Å². The molecule has 0 unspecified atom stereocenters. The van der Waals surface area contributed by atoms with Crippen molar-refractivity contribution in [1.82, 2.24) is 19.7 Å². The number of ether oxygens (including phenoxy) is 2. The molecule has 0 saturated carbocycles. The van der Waals surface area contributed by atoms with Gasteiger partial charge in [0.15, 0.2) is 0 Å². The Morgan fingerprint density at radius 3 is 3.11 bits per heavy atom. The fourth-order valence-electron chi connectivity index (χ4n) is 3.76. The van der Waals surface area contributed by atoms with Gasteiger partial charge in [-0.15, -0.1) is 0 Å². The van der Waals surface area contributed by atoms with Gasteiger partial charge in [-0.2, -0.15) is 5.10 Å². The molecule has 0 aromatic carbocycles. The number of hydrogen-bond donors (Lipinski definition) is 0. The Balaban J connectivity index is 1.39. The Hall–Kier alpha value is -2.32. The molecule has 0 bridgehead atoms. The van der Waals surface area contributed by atoms with E-state index in [1.165, 1.54) is 6.07 Å². The lowest BCUT2D eigenvalue weighted by Crippen LogP contribution is -2.47. The van der Waals surface area contributed by atoms with E-state index in [2.05, 4.69) is 10.1 Å². The first-order valence-electron chi connectivity index (χ1n) is 9.23.